The van der Waals surface area contributed by atoms with Crippen LogP contribution < -0.4 is 5.73 Å². The molecule has 1 saturated carbocycles. The van der Waals surface area contributed by atoms with E-state index >= 15 is 0 Å². The second-order valence-electron chi connectivity index (χ2n) is 4.80. The van der Waals surface area contributed by atoms with Crippen LogP contribution in [0, 0.1) is 5.82 Å². The first-order chi connectivity index (χ1) is 8.10. The topological polar surface area (TPSA) is 46.2 Å². The number of rotatable bonds is 2. The van der Waals surface area contributed by atoms with Crippen LogP contribution in [-0.4, -0.2) is 11.7 Å². The van der Waals surface area contributed by atoms with Crippen molar-refractivity contribution < 1.29 is 9.50 Å². The fourth-order valence-corrected chi connectivity index (χ4v) is 3.18. The van der Waals surface area contributed by atoms with Gasteiger partial charge in [0.2, 0.25) is 0 Å². The molecule has 0 aromatic heterocycles. The Hall–Kier alpha value is -0.800. The van der Waals surface area contributed by atoms with E-state index < -0.39 is 5.82 Å². The number of hydrogen-bond acceptors (Lipinski definition) is 2. The fraction of sp³-hybridized carbons (Fsp3) is 0.538. The molecule has 1 aromatic carbocycles. The van der Waals surface area contributed by atoms with Crippen molar-refractivity contribution in [1.29, 1.82) is 0 Å². The van der Waals surface area contributed by atoms with Crippen LogP contribution in [0.1, 0.15) is 37.7 Å². The van der Waals surface area contributed by atoms with Crippen LogP contribution in [-0.2, 0) is 5.41 Å². The molecule has 0 radical (unpaired) electrons. The molecule has 0 spiro atoms. The van der Waals surface area contributed by atoms with E-state index in [0.717, 1.165) is 32.1 Å². The predicted molar refractivity (Wildman–Crippen MR) is 66.9 cm³/mol. The lowest BCUT2D eigenvalue weighted by atomic mass is 9.69. The lowest BCUT2D eigenvalue weighted by Gasteiger charge is -2.37. The van der Waals surface area contributed by atoms with E-state index in [-0.39, 0.29) is 11.2 Å². The van der Waals surface area contributed by atoms with Crippen LogP contribution in [0.15, 0.2) is 12.1 Å². The summed E-state index contributed by atoms with van der Waals surface area (Å²) in [6.07, 6.45) is 4.98. The van der Waals surface area contributed by atoms with E-state index in [0.29, 0.717) is 17.1 Å². The molecule has 4 heteroatoms. The van der Waals surface area contributed by atoms with Gasteiger partial charge >= 0.3 is 0 Å². The summed E-state index contributed by atoms with van der Waals surface area (Å²) < 4.78 is 13.5. The monoisotopic (exact) mass is 257 g/mol. The van der Waals surface area contributed by atoms with Crippen LogP contribution in [0.4, 0.5) is 4.39 Å². The van der Waals surface area contributed by atoms with Crippen molar-refractivity contribution >= 4 is 11.6 Å². The molecule has 0 atom stereocenters. The molecular formula is C13H17ClFNO. The Morgan fingerprint density at radius 2 is 1.94 bits per heavy atom. The normalized spacial score (nSPS) is 19.2. The molecule has 2 rings (SSSR count). The van der Waals surface area contributed by atoms with Gasteiger partial charge in [0.25, 0.3) is 0 Å². The van der Waals surface area contributed by atoms with E-state index in [1.807, 2.05) is 0 Å². The molecular weight excluding hydrogens is 241 g/mol. The van der Waals surface area contributed by atoms with Gasteiger partial charge in [-0.05, 0) is 25.0 Å². The molecule has 0 heterocycles. The van der Waals surface area contributed by atoms with Crippen LogP contribution in [0.5, 0.6) is 5.75 Å². The molecule has 0 aliphatic heterocycles. The summed E-state index contributed by atoms with van der Waals surface area (Å²) in [6.45, 7) is 0.393. The molecule has 94 valence electrons. The summed E-state index contributed by atoms with van der Waals surface area (Å²) in [5.74, 6) is -0.951. The number of benzene rings is 1. The van der Waals surface area contributed by atoms with Crippen molar-refractivity contribution in [2.75, 3.05) is 6.54 Å². The number of aromatic hydroxyl groups is 1. The third-order valence-electron chi connectivity index (χ3n) is 3.81. The first-order valence-corrected chi connectivity index (χ1v) is 6.36. The Balaban J connectivity index is 2.53. The second-order valence-corrected chi connectivity index (χ2v) is 5.21. The second kappa shape index (κ2) is 4.83. The average Bonchev–Trinajstić information content (AvgIpc) is 2.35. The fourth-order valence-electron chi connectivity index (χ4n) is 2.83. The minimum atomic E-state index is -0.622. The van der Waals surface area contributed by atoms with Gasteiger partial charge < -0.3 is 10.8 Å². The average molecular weight is 258 g/mol. The van der Waals surface area contributed by atoms with E-state index in [2.05, 4.69) is 0 Å². The van der Waals surface area contributed by atoms with E-state index in [9.17, 15) is 9.50 Å². The van der Waals surface area contributed by atoms with Crippen LogP contribution in [0.25, 0.3) is 0 Å². The third-order valence-corrected chi connectivity index (χ3v) is 4.12. The van der Waals surface area contributed by atoms with Crippen molar-refractivity contribution in [2.45, 2.75) is 37.5 Å². The Bertz CT molecular complexity index is 416. The quantitative estimate of drug-likeness (QED) is 0.854. The minimum absolute atomic E-state index is 0.329. The first-order valence-electron chi connectivity index (χ1n) is 5.98. The van der Waals surface area contributed by atoms with Crippen LogP contribution in [0.3, 0.4) is 0 Å². The standard InChI is InChI=1S/C13H17ClFNO/c14-9-4-5-10(15)12(17)11(9)13(8-16)6-2-1-3-7-13/h4-5,17H,1-3,6-8,16H2. The highest BCUT2D eigenvalue weighted by atomic mass is 35.5. The molecule has 2 nitrogen and oxygen atoms in total. The lowest BCUT2D eigenvalue weighted by molar-refractivity contribution is 0.287. The van der Waals surface area contributed by atoms with E-state index in [1.54, 1.807) is 0 Å². The van der Waals surface area contributed by atoms with Crippen molar-refractivity contribution in [3.8, 4) is 5.75 Å². The number of nitrogens with two attached hydrogens (primary N) is 1. The van der Waals surface area contributed by atoms with Gasteiger partial charge in [-0.2, -0.15) is 0 Å². The molecule has 1 aliphatic carbocycles. The molecule has 17 heavy (non-hydrogen) atoms. The van der Waals surface area contributed by atoms with Gasteiger partial charge in [-0.15, -0.1) is 0 Å². The predicted octanol–water partition coefficient (Wildman–Crippen LogP) is 3.35. The third kappa shape index (κ3) is 2.14. The zero-order valence-corrected chi connectivity index (χ0v) is 10.4. The Morgan fingerprint density at radius 3 is 2.53 bits per heavy atom. The number of hydrogen-bond donors (Lipinski definition) is 2. The Morgan fingerprint density at radius 1 is 1.29 bits per heavy atom. The highest BCUT2D eigenvalue weighted by molar-refractivity contribution is 6.31. The summed E-state index contributed by atoms with van der Waals surface area (Å²) in [5.41, 5.74) is 6.01. The lowest BCUT2D eigenvalue weighted by Crippen LogP contribution is -2.37. The SMILES string of the molecule is NCC1(c2c(Cl)ccc(F)c2O)CCCCC1. The summed E-state index contributed by atoms with van der Waals surface area (Å²) in [5, 5.41) is 10.3. The first kappa shape index (κ1) is 12.7. The molecule has 0 saturated heterocycles. The van der Waals surface area contributed by atoms with Gasteiger partial charge in [0, 0.05) is 22.5 Å². The number of phenolic OH excluding ortho intramolecular Hbond substituents is 1. The molecule has 1 aliphatic rings. The molecule has 0 bridgehead atoms. The summed E-state index contributed by atoms with van der Waals surface area (Å²) >= 11 is 6.12. The maximum Gasteiger partial charge on any atom is 0.165 e. The summed E-state index contributed by atoms with van der Waals surface area (Å²) in [7, 11) is 0. The maximum absolute atomic E-state index is 13.5. The van der Waals surface area contributed by atoms with Crippen molar-refractivity contribution in [2.24, 2.45) is 5.73 Å². The smallest absolute Gasteiger partial charge is 0.165 e. The van der Waals surface area contributed by atoms with Crippen LogP contribution >= 0.6 is 11.6 Å². The zero-order valence-electron chi connectivity index (χ0n) is 9.68. The highest BCUT2D eigenvalue weighted by Crippen LogP contribution is 2.46. The molecule has 0 unspecified atom stereocenters. The molecule has 1 fully saturated rings. The number of phenols is 1. The molecule has 3 N–H and O–H groups in total. The molecule has 1 aromatic rings. The van der Waals surface area contributed by atoms with Crippen molar-refractivity contribution in [3.05, 3.63) is 28.5 Å². The summed E-state index contributed by atoms with van der Waals surface area (Å²) in [6, 6.07) is 2.69. The highest BCUT2D eigenvalue weighted by Gasteiger charge is 2.37. The Kier molecular flexibility index (Phi) is 3.59. The van der Waals surface area contributed by atoms with Gasteiger partial charge in [-0.3, -0.25) is 0 Å². The van der Waals surface area contributed by atoms with Crippen LogP contribution in [0.2, 0.25) is 5.02 Å². The molecule has 0 amide bonds. The minimum Gasteiger partial charge on any atom is -0.505 e. The zero-order chi connectivity index (χ0) is 12.5. The number of halogens is 2. The van der Waals surface area contributed by atoms with Gasteiger partial charge in [-0.25, -0.2) is 4.39 Å². The maximum atomic E-state index is 13.5. The Labute approximate surface area is 106 Å². The van der Waals surface area contributed by atoms with Crippen molar-refractivity contribution in [3.63, 3.8) is 0 Å². The van der Waals surface area contributed by atoms with E-state index in [1.165, 1.54) is 12.1 Å². The largest absolute Gasteiger partial charge is 0.505 e. The summed E-state index contributed by atoms with van der Waals surface area (Å²) in [4.78, 5) is 0. The van der Waals surface area contributed by atoms with Gasteiger partial charge in [0.15, 0.2) is 11.6 Å². The van der Waals surface area contributed by atoms with Gasteiger partial charge in [0.1, 0.15) is 0 Å². The van der Waals surface area contributed by atoms with Gasteiger partial charge in [-0.1, -0.05) is 30.9 Å². The van der Waals surface area contributed by atoms with E-state index in [4.69, 9.17) is 17.3 Å². The van der Waals surface area contributed by atoms with Crippen molar-refractivity contribution in [1.82, 2.24) is 0 Å². The van der Waals surface area contributed by atoms with Gasteiger partial charge in [0.05, 0.1) is 0 Å².